The van der Waals surface area contributed by atoms with E-state index in [2.05, 4.69) is 29.1 Å². The quantitative estimate of drug-likeness (QED) is 0.675. The molecule has 1 aromatic heterocycles. The normalized spacial score (nSPS) is 27.4. The van der Waals surface area contributed by atoms with Gasteiger partial charge in [0.05, 0.1) is 18.2 Å². The van der Waals surface area contributed by atoms with E-state index >= 15 is 0 Å². The van der Waals surface area contributed by atoms with E-state index in [1.54, 1.807) is 6.20 Å². The molecule has 0 spiro atoms. The third-order valence-electron chi connectivity index (χ3n) is 2.41. The Morgan fingerprint density at radius 2 is 2.46 bits per heavy atom. The second-order valence-electron chi connectivity index (χ2n) is 3.81. The average Bonchev–Trinajstić information content (AvgIpc) is 2.55. The summed E-state index contributed by atoms with van der Waals surface area (Å²) >= 11 is 0. The Morgan fingerprint density at radius 1 is 1.62 bits per heavy atom. The number of hydrogen-bond donors (Lipinski definition) is 2. The van der Waals surface area contributed by atoms with Gasteiger partial charge in [-0.15, -0.1) is 0 Å². The number of imidazole rings is 1. The van der Waals surface area contributed by atoms with Crippen LogP contribution in [0.4, 0.5) is 0 Å². The van der Waals surface area contributed by atoms with E-state index in [0.717, 1.165) is 19.0 Å². The third-order valence-corrected chi connectivity index (χ3v) is 2.41. The van der Waals surface area contributed by atoms with Crippen molar-refractivity contribution < 1.29 is 4.74 Å². The molecule has 1 aliphatic heterocycles. The number of H-pyrrole nitrogens is 1. The molecule has 72 valence electrons. The van der Waals surface area contributed by atoms with Crippen molar-refractivity contribution in [1.29, 1.82) is 0 Å². The monoisotopic (exact) mass is 181 g/mol. The zero-order valence-electron chi connectivity index (χ0n) is 8.00. The van der Waals surface area contributed by atoms with E-state index in [0.29, 0.717) is 0 Å². The first-order valence-corrected chi connectivity index (χ1v) is 4.57. The van der Waals surface area contributed by atoms with Gasteiger partial charge in [0.15, 0.2) is 0 Å². The number of ether oxygens (including phenoxy) is 1. The zero-order chi connectivity index (χ0) is 9.31. The molecule has 1 aliphatic rings. The minimum Gasteiger partial charge on any atom is -0.372 e. The molecule has 2 rings (SSSR count). The summed E-state index contributed by atoms with van der Waals surface area (Å²) in [4.78, 5) is 7.35. The SMILES string of the molecule is CC1(C)OCCNC1c1ncc[nH]1. The van der Waals surface area contributed by atoms with Crippen molar-refractivity contribution in [3.05, 3.63) is 18.2 Å². The molecule has 1 atom stereocenters. The maximum atomic E-state index is 5.68. The highest BCUT2D eigenvalue weighted by atomic mass is 16.5. The zero-order valence-corrected chi connectivity index (χ0v) is 8.00. The summed E-state index contributed by atoms with van der Waals surface area (Å²) in [7, 11) is 0. The molecular formula is C9H15N3O. The van der Waals surface area contributed by atoms with Gasteiger partial charge >= 0.3 is 0 Å². The van der Waals surface area contributed by atoms with Crippen LogP contribution in [0.3, 0.4) is 0 Å². The highest BCUT2D eigenvalue weighted by Gasteiger charge is 2.35. The van der Waals surface area contributed by atoms with Gasteiger partial charge in [0.2, 0.25) is 0 Å². The van der Waals surface area contributed by atoms with Crippen molar-refractivity contribution in [2.75, 3.05) is 13.2 Å². The molecule has 0 aromatic carbocycles. The summed E-state index contributed by atoms with van der Waals surface area (Å²) in [6, 6.07) is 0.163. The van der Waals surface area contributed by atoms with Crippen LogP contribution in [0, 0.1) is 0 Å². The van der Waals surface area contributed by atoms with Crippen LogP contribution in [0.15, 0.2) is 12.4 Å². The Kier molecular flexibility index (Phi) is 2.09. The van der Waals surface area contributed by atoms with Gasteiger partial charge in [-0.25, -0.2) is 4.98 Å². The molecule has 1 unspecified atom stereocenters. The van der Waals surface area contributed by atoms with Gasteiger partial charge in [0.25, 0.3) is 0 Å². The summed E-state index contributed by atoms with van der Waals surface area (Å²) in [6.07, 6.45) is 3.60. The summed E-state index contributed by atoms with van der Waals surface area (Å²) in [5.41, 5.74) is -0.184. The average molecular weight is 181 g/mol. The molecule has 2 N–H and O–H groups in total. The molecule has 4 nitrogen and oxygen atoms in total. The van der Waals surface area contributed by atoms with Crippen molar-refractivity contribution >= 4 is 0 Å². The molecule has 2 heterocycles. The van der Waals surface area contributed by atoms with Gasteiger partial charge in [-0.2, -0.15) is 0 Å². The van der Waals surface area contributed by atoms with E-state index in [9.17, 15) is 0 Å². The van der Waals surface area contributed by atoms with E-state index < -0.39 is 0 Å². The molecule has 0 aliphatic carbocycles. The first-order chi connectivity index (χ1) is 6.20. The lowest BCUT2D eigenvalue weighted by Crippen LogP contribution is -2.48. The Morgan fingerprint density at radius 3 is 3.08 bits per heavy atom. The highest BCUT2D eigenvalue weighted by molar-refractivity contribution is 5.04. The van der Waals surface area contributed by atoms with Crippen LogP contribution in [0.25, 0.3) is 0 Å². The summed E-state index contributed by atoms with van der Waals surface area (Å²) in [6.45, 7) is 5.80. The predicted molar refractivity (Wildman–Crippen MR) is 49.4 cm³/mol. The van der Waals surface area contributed by atoms with Gasteiger partial charge < -0.3 is 15.0 Å². The lowest BCUT2D eigenvalue weighted by atomic mass is 9.96. The largest absolute Gasteiger partial charge is 0.372 e. The Balaban J connectivity index is 2.21. The van der Waals surface area contributed by atoms with Crippen LogP contribution in [0.2, 0.25) is 0 Å². The maximum absolute atomic E-state index is 5.68. The Labute approximate surface area is 77.7 Å². The number of nitrogens with one attached hydrogen (secondary N) is 2. The smallest absolute Gasteiger partial charge is 0.126 e. The summed E-state index contributed by atoms with van der Waals surface area (Å²) < 4.78 is 5.68. The molecule has 0 bridgehead atoms. The van der Waals surface area contributed by atoms with Crippen molar-refractivity contribution in [1.82, 2.24) is 15.3 Å². The first-order valence-electron chi connectivity index (χ1n) is 4.57. The number of hydrogen-bond acceptors (Lipinski definition) is 3. The van der Waals surface area contributed by atoms with E-state index in [1.165, 1.54) is 0 Å². The molecule has 1 saturated heterocycles. The third kappa shape index (κ3) is 1.59. The van der Waals surface area contributed by atoms with E-state index in [4.69, 9.17) is 4.74 Å². The molecule has 13 heavy (non-hydrogen) atoms. The van der Waals surface area contributed by atoms with Gasteiger partial charge in [0, 0.05) is 18.9 Å². The molecular weight excluding hydrogens is 166 g/mol. The number of aromatic amines is 1. The second kappa shape index (κ2) is 3.12. The predicted octanol–water partition coefficient (Wildman–Crippen LogP) is 0.849. The number of nitrogens with zero attached hydrogens (tertiary/aromatic N) is 1. The van der Waals surface area contributed by atoms with Crippen molar-refractivity contribution in [2.45, 2.75) is 25.5 Å². The molecule has 0 amide bonds. The maximum Gasteiger partial charge on any atom is 0.126 e. The number of aromatic nitrogens is 2. The van der Waals surface area contributed by atoms with Crippen molar-refractivity contribution in [2.24, 2.45) is 0 Å². The lowest BCUT2D eigenvalue weighted by molar-refractivity contribution is -0.0741. The van der Waals surface area contributed by atoms with E-state index in [-0.39, 0.29) is 11.6 Å². The van der Waals surface area contributed by atoms with Gasteiger partial charge in [0.1, 0.15) is 5.82 Å². The number of morpholine rings is 1. The highest BCUT2D eigenvalue weighted by Crippen LogP contribution is 2.28. The van der Waals surface area contributed by atoms with Crippen LogP contribution >= 0.6 is 0 Å². The van der Waals surface area contributed by atoms with E-state index in [1.807, 2.05) is 6.20 Å². The first kappa shape index (κ1) is 8.72. The van der Waals surface area contributed by atoms with Crippen LogP contribution in [0.1, 0.15) is 25.7 Å². The summed E-state index contributed by atoms with van der Waals surface area (Å²) in [5, 5.41) is 3.39. The fourth-order valence-corrected chi connectivity index (χ4v) is 1.71. The molecule has 1 fully saturated rings. The Hall–Kier alpha value is -0.870. The molecule has 0 radical (unpaired) electrons. The summed E-state index contributed by atoms with van der Waals surface area (Å²) in [5.74, 6) is 0.949. The molecule has 1 aromatic rings. The Bertz CT molecular complexity index is 268. The fourth-order valence-electron chi connectivity index (χ4n) is 1.71. The van der Waals surface area contributed by atoms with Crippen molar-refractivity contribution in [3.8, 4) is 0 Å². The van der Waals surface area contributed by atoms with Crippen LogP contribution in [-0.2, 0) is 4.74 Å². The van der Waals surface area contributed by atoms with Crippen LogP contribution < -0.4 is 5.32 Å². The number of rotatable bonds is 1. The van der Waals surface area contributed by atoms with Gasteiger partial charge in [-0.05, 0) is 13.8 Å². The fraction of sp³-hybridized carbons (Fsp3) is 0.667. The van der Waals surface area contributed by atoms with Crippen LogP contribution in [-0.4, -0.2) is 28.7 Å². The minimum absolute atomic E-state index is 0.163. The topological polar surface area (TPSA) is 49.9 Å². The van der Waals surface area contributed by atoms with Gasteiger partial charge in [-0.1, -0.05) is 0 Å². The van der Waals surface area contributed by atoms with Crippen LogP contribution in [0.5, 0.6) is 0 Å². The van der Waals surface area contributed by atoms with Gasteiger partial charge in [-0.3, -0.25) is 0 Å². The minimum atomic E-state index is -0.184. The molecule has 4 heteroatoms. The molecule has 0 saturated carbocycles. The van der Waals surface area contributed by atoms with Crippen molar-refractivity contribution in [3.63, 3.8) is 0 Å². The second-order valence-corrected chi connectivity index (χ2v) is 3.81. The lowest BCUT2D eigenvalue weighted by Gasteiger charge is -2.38. The standard InChI is InChI=1S/C9H15N3O/c1-9(2)7(10-5-6-13-9)8-11-3-4-12-8/h3-4,7,10H,5-6H2,1-2H3,(H,11,12).